The summed E-state index contributed by atoms with van der Waals surface area (Å²) in [7, 11) is 0. The highest BCUT2D eigenvalue weighted by atomic mass is 35.5. The maximum Gasteiger partial charge on any atom is 0.335 e. The van der Waals surface area contributed by atoms with Crippen LogP contribution < -0.4 is 4.90 Å². The Hall–Kier alpha value is -4.84. The first-order valence-electron chi connectivity index (χ1n) is 11.5. The summed E-state index contributed by atoms with van der Waals surface area (Å²) in [6, 6.07) is 4.33. The summed E-state index contributed by atoms with van der Waals surface area (Å²) < 4.78 is 0. The monoisotopic (exact) mass is 552 g/mol. The summed E-state index contributed by atoms with van der Waals surface area (Å²) in [6.07, 6.45) is 1.58. The molecular formula is C26H17ClN2O10. The average molecular weight is 553 g/mol. The third-order valence-corrected chi connectivity index (χ3v) is 7.26. The topological polar surface area (TPSA) is 187 Å². The van der Waals surface area contributed by atoms with Crippen molar-refractivity contribution >= 4 is 58.8 Å². The number of imide groups is 2. The number of nitrogens with zero attached hydrogens (tertiary/aromatic N) is 2. The van der Waals surface area contributed by atoms with Crippen LogP contribution in [0.3, 0.4) is 0 Å². The van der Waals surface area contributed by atoms with Gasteiger partial charge in [0, 0.05) is 17.5 Å². The molecule has 2 aromatic rings. The van der Waals surface area contributed by atoms with E-state index in [2.05, 4.69) is 0 Å². The minimum Gasteiger partial charge on any atom is -0.481 e. The highest BCUT2D eigenvalue weighted by molar-refractivity contribution is 6.37. The molecule has 2 heterocycles. The maximum absolute atomic E-state index is 13.6. The fourth-order valence-electron chi connectivity index (χ4n) is 5.21. The Balaban J connectivity index is 1.63. The molecule has 0 aromatic heterocycles. The molecule has 2 aromatic carbocycles. The molecule has 3 aliphatic rings. The largest absolute Gasteiger partial charge is 0.481 e. The zero-order chi connectivity index (χ0) is 28.3. The molecule has 1 aliphatic carbocycles. The summed E-state index contributed by atoms with van der Waals surface area (Å²) in [5.41, 5.74) is -0.242. The lowest BCUT2D eigenvalue weighted by atomic mass is 9.72. The number of hydrogen-bond acceptors (Lipinski definition) is 7. The number of carboxylic acid groups (broad SMARTS) is 3. The van der Waals surface area contributed by atoms with Crippen molar-refractivity contribution in [3.8, 4) is 0 Å². The van der Waals surface area contributed by atoms with Gasteiger partial charge in [-0.2, -0.15) is 0 Å². The molecule has 0 saturated heterocycles. The quantitative estimate of drug-likeness (QED) is 0.339. The lowest BCUT2D eigenvalue weighted by molar-refractivity contribution is -0.149. The maximum atomic E-state index is 13.6. The Morgan fingerprint density at radius 1 is 0.846 bits per heavy atom. The zero-order valence-corrected chi connectivity index (χ0v) is 20.4. The second kappa shape index (κ2) is 9.17. The number of benzene rings is 2. The second-order valence-electron chi connectivity index (χ2n) is 9.08. The van der Waals surface area contributed by atoms with E-state index in [1.165, 1.54) is 36.4 Å². The summed E-state index contributed by atoms with van der Waals surface area (Å²) in [6.45, 7) is 0. The second-order valence-corrected chi connectivity index (χ2v) is 9.49. The van der Waals surface area contributed by atoms with E-state index in [4.69, 9.17) is 16.7 Å². The Kier molecular flexibility index (Phi) is 6.06. The molecule has 3 unspecified atom stereocenters. The molecule has 3 atom stereocenters. The molecule has 4 amide bonds. The lowest BCUT2D eigenvalue weighted by Gasteiger charge is -2.41. The number of aromatic carboxylic acids is 1. The third kappa shape index (κ3) is 3.87. The van der Waals surface area contributed by atoms with E-state index in [0.29, 0.717) is 4.90 Å². The normalized spacial score (nSPS) is 20.1. The molecule has 13 heteroatoms. The molecule has 0 spiro atoms. The number of carboxylic acids is 3. The Labute approximate surface area is 223 Å². The molecule has 0 saturated carbocycles. The van der Waals surface area contributed by atoms with Crippen LogP contribution in [0.5, 0.6) is 0 Å². The molecule has 39 heavy (non-hydrogen) atoms. The van der Waals surface area contributed by atoms with Gasteiger partial charge < -0.3 is 15.3 Å². The molecule has 0 bridgehead atoms. The predicted octanol–water partition coefficient (Wildman–Crippen LogP) is 2.26. The number of carbonyl (C=O) groups excluding carboxylic acids is 4. The number of hydrogen-bond donors (Lipinski definition) is 3. The van der Waals surface area contributed by atoms with Crippen LogP contribution in [0.25, 0.3) is 0 Å². The lowest BCUT2D eigenvalue weighted by Crippen LogP contribution is -2.54. The van der Waals surface area contributed by atoms with Crippen molar-refractivity contribution in [1.82, 2.24) is 4.90 Å². The van der Waals surface area contributed by atoms with Crippen molar-refractivity contribution in [2.24, 2.45) is 0 Å². The number of aliphatic carboxylic acids is 2. The predicted molar refractivity (Wildman–Crippen MR) is 131 cm³/mol. The number of amides is 4. The van der Waals surface area contributed by atoms with Crippen LogP contribution in [-0.2, 0) is 19.2 Å². The summed E-state index contributed by atoms with van der Waals surface area (Å²) in [5, 5.41) is 28.0. The van der Waals surface area contributed by atoms with E-state index in [1.54, 1.807) is 0 Å². The first-order chi connectivity index (χ1) is 18.4. The van der Waals surface area contributed by atoms with Crippen molar-refractivity contribution < 1.29 is 48.9 Å². The third-order valence-electron chi connectivity index (χ3n) is 6.94. The van der Waals surface area contributed by atoms with Gasteiger partial charge in [-0.1, -0.05) is 23.8 Å². The molecule has 5 rings (SSSR count). The van der Waals surface area contributed by atoms with Crippen LogP contribution >= 0.6 is 11.6 Å². The van der Waals surface area contributed by atoms with Gasteiger partial charge in [-0.3, -0.25) is 28.9 Å². The van der Waals surface area contributed by atoms with Crippen LogP contribution in [0.2, 0.25) is 5.02 Å². The van der Waals surface area contributed by atoms with Gasteiger partial charge >= 0.3 is 17.9 Å². The molecular weight excluding hydrogens is 536 g/mol. The summed E-state index contributed by atoms with van der Waals surface area (Å²) in [4.78, 5) is 89.6. The van der Waals surface area contributed by atoms with E-state index in [9.17, 15) is 43.8 Å². The number of anilines is 1. The van der Waals surface area contributed by atoms with Crippen LogP contribution in [0.4, 0.5) is 5.69 Å². The van der Waals surface area contributed by atoms with Crippen LogP contribution in [0.1, 0.15) is 66.9 Å². The molecule has 2 aliphatic heterocycles. The van der Waals surface area contributed by atoms with E-state index in [-0.39, 0.29) is 38.5 Å². The molecule has 198 valence electrons. The van der Waals surface area contributed by atoms with Gasteiger partial charge in [-0.25, -0.2) is 14.5 Å². The van der Waals surface area contributed by atoms with E-state index < -0.39 is 72.3 Å². The van der Waals surface area contributed by atoms with Crippen molar-refractivity contribution in [3.05, 3.63) is 75.3 Å². The van der Waals surface area contributed by atoms with E-state index in [1.807, 2.05) is 0 Å². The summed E-state index contributed by atoms with van der Waals surface area (Å²) in [5.74, 6) is -10.0. The zero-order valence-electron chi connectivity index (χ0n) is 19.7. The van der Waals surface area contributed by atoms with Crippen molar-refractivity contribution in [2.45, 2.75) is 30.7 Å². The average Bonchev–Trinajstić information content (AvgIpc) is 2.88. The highest BCUT2D eigenvalue weighted by Crippen LogP contribution is 2.47. The van der Waals surface area contributed by atoms with E-state index >= 15 is 0 Å². The van der Waals surface area contributed by atoms with Crippen molar-refractivity contribution in [3.63, 3.8) is 0 Å². The Morgan fingerprint density at radius 3 is 2.00 bits per heavy atom. The van der Waals surface area contributed by atoms with Gasteiger partial charge in [0.15, 0.2) is 0 Å². The fraction of sp³-hybridized carbons (Fsp3) is 0.192. The van der Waals surface area contributed by atoms with Gasteiger partial charge in [-0.15, -0.1) is 0 Å². The number of halogens is 1. The molecule has 0 fully saturated rings. The number of rotatable bonds is 7. The van der Waals surface area contributed by atoms with Crippen LogP contribution in [-0.4, -0.2) is 67.8 Å². The van der Waals surface area contributed by atoms with Gasteiger partial charge in [0.25, 0.3) is 11.8 Å². The van der Waals surface area contributed by atoms with Crippen molar-refractivity contribution in [1.29, 1.82) is 0 Å². The first-order valence-corrected chi connectivity index (χ1v) is 11.9. The minimum atomic E-state index is -1.74. The van der Waals surface area contributed by atoms with Gasteiger partial charge in [0.2, 0.25) is 11.8 Å². The van der Waals surface area contributed by atoms with Crippen LogP contribution in [0.15, 0.2) is 42.5 Å². The van der Waals surface area contributed by atoms with Crippen LogP contribution in [0, 0.1) is 0 Å². The highest BCUT2D eigenvalue weighted by Gasteiger charge is 2.50. The van der Waals surface area contributed by atoms with Crippen molar-refractivity contribution in [2.75, 3.05) is 4.90 Å². The minimum absolute atomic E-state index is 0.0146. The van der Waals surface area contributed by atoms with Gasteiger partial charge in [0.05, 0.1) is 28.1 Å². The fourth-order valence-corrected chi connectivity index (χ4v) is 5.41. The molecule has 0 radical (unpaired) electrons. The first kappa shape index (κ1) is 25.8. The Morgan fingerprint density at radius 2 is 1.44 bits per heavy atom. The molecule has 12 nitrogen and oxygen atoms in total. The van der Waals surface area contributed by atoms with Gasteiger partial charge in [0.1, 0.15) is 6.04 Å². The molecule has 3 N–H and O–H groups in total. The standard InChI is InChI=1S/C26H17ClN2O10/c27-15-6-1-10(25(36)37)9-17(15)29-23(34)13-4-2-11-19-12(3-5-14(20(13)19)24(29)35)22(33)28(21(11)32)16(26(38)39)7-8-18(30)31/h1-6,9,11,13,16H,7-8H2,(H,30,31)(H,36,37)(H,38,39). The van der Waals surface area contributed by atoms with Gasteiger partial charge in [-0.05, 0) is 47.9 Å². The number of carbonyl (C=O) groups is 7. The smallest absolute Gasteiger partial charge is 0.335 e. The SMILES string of the molecule is O=C(O)CCC(C(=O)O)N1C(=O)c2ccc3c4c2C(C=CC4C(=O)N(c2cc(C(=O)O)ccc2Cl)C3=O)C1=O. The summed E-state index contributed by atoms with van der Waals surface area (Å²) >= 11 is 6.23. The Bertz CT molecular complexity index is 1580. The van der Waals surface area contributed by atoms with E-state index in [0.717, 1.165) is 11.0 Å².